The summed E-state index contributed by atoms with van der Waals surface area (Å²) in [5.74, 6) is -0.170. The van der Waals surface area contributed by atoms with Crippen LogP contribution in [0.5, 0.6) is 5.88 Å². The van der Waals surface area contributed by atoms with E-state index in [-0.39, 0.29) is 11.9 Å². The van der Waals surface area contributed by atoms with Crippen molar-refractivity contribution >= 4 is 23.1 Å². The van der Waals surface area contributed by atoms with E-state index < -0.39 is 12.8 Å². The van der Waals surface area contributed by atoms with Crippen LogP contribution in [-0.2, 0) is 6.54 Å². The monoisotopic (exact) mass is 360 g/mol. The average Bonchev–Trinajstić information content (AvgIpc) is 2.91. The Morgan fingerprint density at radius 3 is 2.71 bits per heavy atom. The van der Waals surface area contributed by atoms with Crippen LogP contribution in [-0.4, -0.2) is 40.7 Å². The number of amides is 2. The number of aromatic nitrogens is 2. The normalized spacial score (nSPS) is 11.2. The van der Waals surface area contributed by atoms with Gasteiger partial charge in [0.05, 0.1) is 29.1 Å². The Morgan fingerprint density at radius 2 is 2.17 bits per heavy atom. The molecule has 0 saturated carbocycles. The van der Waals surface area contributed by atoms with E-state index in [0.29, 0.717) is 12.2 Å². The van der Waals surface area contributed by atoms with Gasteiger partial charge in [-0.2, -0.15) is 13.2 Å². The first kappa shape index (κ1) is 18.0. The van der Waals surface area contributed by atoms with Crippen LogP contribution in [0.4, 0.5) is 23.7 Å². The van der Waals surface area contributed by atoms with Crippen LogP contribution in [0.25, 0.3) is 0 Å². The van der Waals surface area contributed by atoms with E-state index in [1.807, 2.05) is 12.3 Å². The molecule has 0 radical (unpaired) electrons. The highest BCUT2D eigenvalue weighted by Gasteiger charge is 2.28. The highest BCUT2D eigenvalue weighted by Crippen LogP contribution is 2.18. The number of halogens is 3. The number of nitrogens with one attached hydrogen (secondary N) is 1. The fraction of sp³-hybridized carbons (Fsp3) is 0.357. The van der Waals surface area contributed by atoms with Crippen LogP contribution in [0.15, 0.2) is 23.7 Å². The standard InChI is InChI=1S/C14H15F3N4O2S/c1-9-19-11(7-24-9)6-21(2)13(22)20-10-3-4-12(18-5-10)23-8-14(15,16)17/h3-5,7H,6,8H2,1-2H3,(H,20,22). The Balaban J connectivity index is 1.87. The maximum atomic E-state index is 12.0. The lowest BCUT2D eigenvalue weighted by molar-refractivity contribution is -0.154. The van der Waals surface area contributed by atoms with Gasteiger partial charge in [-0.25, -0.2) is 14.8 Å². The average molecular weight is 360 g/mol. The van der Waals surface area contributed by atoms with Gasteiger partial charge in [0.15, 0.2) is 6.61 Å². The summed E-state index contributed by atoms with van der Waals surface area (Å²) in [4.78, 5) is 21.5. The number of alkyl halides is 3. The van der Waals surface area contributed by atoms with Crippen molar-refractivity contribution in [3.05, 3.63) is 34.4 Å². The minimum Gasteiger partial charge on any atom is -0.468 e. The van der Waals surface area contributed by atoms with Gasteiger partial charge < -0.3 is 15.0 Å². The zero-order chi connectivity index (χ0) is 17.7. The lowest BCUT2D eigenvalue weighted by atomic mass is 10.4. The first-order valence-corrected chi connectivity index (χ1v) is 7.69. The second-order valence-electron chi connectivity index (χ2n) is 4.93. The van der Waals surface area contributed by atoms with Crippen molar-refractivity contribution in [3.8, 4) is 5.88 Å². The molecule has 0 aliphatic heterocycles. The van der Waals surface area contributed by atoms with E-state index in [9.17, 15) is 18.0 Å². The third-order valence-corrected chi connectivity index (χ3v) is 3.61. The fourth-order valence-electron chi connectivity index (χ4n) is 1.71. The first-order valence-electron chi connectivity index (χ1n) is 6.81. The molecule has 24 heavy (non-hydrogen) atoms. The number of pyridine rings is 1. The van der Waals surface area contributed by atoms with Crippen molar-refractivity contribution in [2.24, 2.45) is 0 Å². The van der Waals surface area contributed by atoms with E-state index in [1.165, 1.54) is 34.6 Å². The fourth-order valence-corrected chi connectivity index (χ4v) is 2.31. The number of rotatable bonds is 5. The minimum absolute atomic E-state index is 0.170. The predicted octanol–water partition coefficient (Wildman–Crippen LogP) is 3.45. The number of hydrogen-bond acceptors (Lipinski definition) is 5. The number of aryl methyl sites for hydroxylation is 1. The summed E-state index contributed by atoms with van der Waals surface area (Å²) in [5.41, 5.74) is 1.13. The third-order valence-electron chi connectivity index (χ3n) is 2.78. The molecule has 0 fully saturated rings. The highest BCUT2D eigenvalue weighted by atomic mass is 32.1. The summed E-state index contributed by atoms with van der Waals surface area (Å²) >= 11 is 1.50. The molecule has 10 heteroatoms. The number of urea groups is 1. The van der Waals surface area contributed by atoms with Crippen molar-refractivity contribution in [2.45, 2.75) is 19.6 Å². The molecule has 0 aliphatic carbocycles. The quantitative estimate of drug-likeness (QED) is 0.887. The predicted molar refractivity (Wildman–Crippen MR) is 83.1 cm³/mol. The number of hydrogen-bond donors (Lipinski definition) is 1. The molecule has 0 atom stereocenters. The van der Waals surface area contributed by atoms with Crippen LogP contribution in [0.2, 0.25) is 0 Å². The molecule has 0 saturated heterocycles. The minimum atomic E-state index is -4.43. The largest absolute Gasteiger partial charge is 0.468 e. The highest BCUT2D eigenvalue weighted by molar-refractivity contribution is 7.09. The molecular formula is C14H15F3N4O2S. The van der Waals surface area contributed by atoms with Crippen LogP contribution in [0.3, 0.4) is 0 Å². The van der Waals surface area contributed by atoms with Crippen molar-refractivity contribution in [1.29, 1.82) is 0 Å². The molecule has 2 rings (SSSR count). The number of ether oxygens (including phenoxy) is 1. The number of thiazole rings is 1. The van der Waals surface area contributed by atoms with E-state index in [4.69, 9.17) is 0 Å². The molecule has 0 aliphatic rings. The Kier molecular flexibility index (Phi) is 5.60. The Labute approximate surface area is 140 Å². The zero-order valence-electron chi connectivity index (χ0n) is 12.9. The van der Waals surface area contributed by atoms with Crippen LogP contribution in [0.1, 0.15) is 10.7 Å². The van der Waals surface area contributed by atoms with Gasteiger partial charge in [0, 0.05) is 18.5 Å². The van der Waals surface area contributed by atoms with Gasteiger partial charge in [0.2, 0.25) is 5.88 Å². The van der Waals surface area contributed by atoms with Crippen molar-refractivity contribution in [1.82, 2.24) is 14.9 Å². The maximum absolute atomic E-state index is 12.0. The van der Waals surface area contributed by atoms with E-state index in [2.05, 4.69) is 20.0 Å². The van der Waals surface area contributed by atoms with Crippen LogP contribution < -0.4 is 10.1 Å². The van der Waals surface area contributed by atoms with Gasteiger partial charge in [-0.15, -0.1) is 11.3 Å². The van der Waals surface area contributed by atoms with Gasteiger partial charge in [0.1, 0.15) is 0 Å². The molecule has 6 nitrogen and oxygen atoms in total. The summed E-state index contributed by atoms with van der Waals surface area (Å²) in [5, 5.41) is 5.37. The summed E-state index contributed by atoms with van der Waals surface area (Å²) in [6.45, 7) is 0.806. The zero-order valence-corrected chi connectivity index (χ0v) is 13.7. The smallest absolute Gasteiger partial charge is 0.422 e. The molecule has 2 heterocycles. The molecule has 0 spiro atoms. The molecule has 2 aromatic heterocycles. The van der Waals surface area contributed by atoms with Crippen molar-refractivity contribution in [3.63, 3.8) is 0 Å². The summed E-state index contributed by atoms with van der Waals surface area (Å²) in [6, 6.07) is 2.29. The molecule has 0 aromatic carbocycles. The van der Waals surface area contributed by atoms with Gasteiger partial charge in [-0.1, -0.05) is 0 Å². The van der Waals surface area contributed by atoms with Crippen molar-refractivity contribution < 1.29 is 22.7 Å². The SMILES string of the molecule is Cc1nc(CN(C)C(=O)Nc2ccc(OCC(F)(F)F)nc2)cs1. The summed E-state index contributed by atoms with van der Waals surface area (Å²) in [6.07, 6.45) is -3.20. The van der Waals surface area contributed by atoms with Crippen LogP contribution >= 0.6 is 11.3 Å². The molecular weight excluding hydrogens is 345 g/mol. The van der Waals surface area contributed by atoms with Gasteiger partial charge in [-0.3, -0.25) is 0 Å². The number of carbonyl (C=O) groups excluding carboxylic acids is 1. The van der Waals surface area contributed by atoms with E-state index in [0.717, 1.165) is 10.7 Å². The Hall–Kier alpha value is -2.36. The molecule has 130 valence electrons. The number of carbonyl (C=O) groups is 1. The molecule has 2 aromatic rings. The number of nitrogens with zero attached hydrogens (tertiary/aromatic N) is 3. The molecule has 2 amide bonds. The maximum Gasteiger partial charge on any atom is 0.422 e. The van der Waals surface area contributed by atoms with E-state index >= 15 is 0 Å². The topological polar surface area (TPSA) is 67.4 Å². The first-order chi connectivity index (χ1) is 11.2. The van der Waals surface area contributed by atoms with Gasteiger partial charge in [0.25, 0.3) is 0 Å². The van der Waals surface area contributed by atoms with E-state index in [1.54, 1.807) is 7.05 Å². The van der Waals surface area contributed by atoms with Crippen molar-refractivity contribution in [2.75, 3.05) is 19.0 Å². The van der Waals surface area contributed by atoms with Gasteiger partial charge in [-0.05, 0) is 13.0 Å². The summed E-state index contributed by atoms with van der Waals surface area (Å²) < 4.78 is 40.6. The van der Waals surface area contributed by atoms with Crippen LogP contribution in [0, 0.1) is 6.92 Å². The second kappa shape index (κ2) is 7.47. The lowest BCUT2D eigenvalue weighted by Crippen LogP contribution is -2.31. The molecule has 0 unspecified atom stereocenters. The number of anilines is 1. The molecule has 1 N–H and O–H groups in total. The third kappa shape index (κ3) is 5.69. The molecule has 0 bridgehead atoms. The van der Waals surface area contributed by atoms with Gasteiger partial charge >= 0.3 is 12.2 Å². The summed E-state index contributed by atoms with van der Waals surface area (Å²) in [7, 11) is 1.61. The Bertz CT molecular complexity index is 688. The lowest BCUT2D eigenvalue weighted by Gasteiger charge is -2.16. The Morgan fingerprint density at radius 1 is 1.42 bits per heavy atom. The second-order valence-corrected chi connectivity index (χ2v) is 6.00.